The quantitative estimate of drug-likeness (QED) is 0.379. The van der Waals surface area contributed by atoms with Crippen LogP contribution in [0.25, 0.3) is 0 Å². The fourth-order valence-corrected chi connectivity index (χ4v) is 0.556. The highest BCUT2D eigenvalue weighted by atomic mass is 16.3. The first-order valence-corrected chi connectivity index (χ1v) is 4.18. The molecular formula is C10H16N2O. The van der Waals surface area contributed by atoms with E-state index < -0.39 is 0 Å². The highest BCUT2D eigenvalue weighted by Crippen LogP contribution is 2.09. The van der Waals surface area contributed by atoms with Crippen molar-refractivity contribution in [3.8, 4) is 11.8 Å². The summed E-state index contributed by atoms with van der Waals surface area (Å²) in [5.74, 6) is 5.95. The highest BCUT2D eigenvalue weighted by molar-refractivity contribution is 5.19. The first-order valence-electron chi connectivity index (χ1n) is 4.18. The van der Waals surface area contributed by atoms with Gasteiger partial charge in [0.1, 0.15) is 0 Å². The van der Waals surface area contributed by atoms with Crippen molar-refractivity contribution in [1.29, 1.82) is 0 Å². The topological polar surface area (TPSA) is 32.7 Å². The minimum atomic E-state index is 0.0269. The molecule has 0 fully saturated rings. The van der Waals surface area contributed by atoms with Gasteiger partial charge in [-0.15, -0.1) is 4.91 Å². The van der Waals surface area contributed by atoms with Crippen molar-refractivity contribution in [3.05, 3.63) is 17.1 Å². The summed E-state index contributed by atoms with van der Waals surface area (Å²) in [4.78, 5) is 9.93. The average Bonchev–Trinajstić information content (AvgIpc) is 2.01. The van der Waals surface area contributed by atoms with Crippen molar-refractivity contribution in [2.75, 3.05) is 13.6 Å². The molecule has 0 saturated carbocycles. The van der Waals surface area contributed by atoms with Gasteiger partial charge in [0.2, 0.25) is 0 Å². The summed E-state index contributed by atoms with van der Waals surface area (Å²) < 4.78 is 0. The van der Waals surface area contributed by atoms with Crippen LogP contribution in [0.1, 0.15) is 20.8 Å². The minimum Gasteiger partial charge on any atom is -0.260 e. The molecule has 0 aromatic heterocycles. The number of nitroso groups, excluding NO2 is 1. The van der Waals surface area contributed by atoms with Crippen molar-refractivity contribution < 1.29 is 0 Å². The van der Waals surface area contributed by atoms with E-state index in [0.717, 1.165) is 0 Å². The van der Waals surface area contributed by atoms with E-state index in [2.05, 4.69) is 17.1 Å². The van der Waals surface area contributed by atoms with Crippen LogP contribution in [0.3, 0.4) is 0 Å². The molecule has 13 heavy (non-hydrogen) atoms. The summed E-state index contributed by atoms with van der Waals surface area (Å²) in [6.07, 6.45) is 3.55. The summed E-state index contributed by atoms with van der Waals surface area (Å²) in [6.45, 7) is 6.65. The van der Waals surface area contributed by atoms with Gasteiger partial charge in [-0.25, -0.2) is 0 Å². The van der Waals surface area contributed by atoms with E-state index in [1.807, 2.05) is 20.8 Å². The van der Waals surface area contributed by atoms with E-state index in [1.54, 1.807) is 19.2 Å². The van der Waals surface area contributed by atoms with Crippen LogP contribution in [0, 0.1) is 22.2 Å². The Hall–Kier alpha value is -1.30. The second-order valence-electron chi connectivity index (χ2n) is 3.84. The van der Waals surface area contributed by atoms with Crippen molar-refractivity contribution >= 4 is 0 Å². The van der Waals surface area contributed by atoms with Gasteiger partial charge in [0.15, 0.2) is 0 Å². The van der Waals surface area contributed by atoms with E-state index in [4.69, 9.17) is 0 Å². The third-order valence-corrected chi connectivity index (χ3v) is 1.16. The molecule has 72 valence electrons. The Morgan fingerprint density at radius 2 is 2.08 bits per heavy atom. The fraction of sp³-hybridized carbons (Fsp3) is 0.600. The van der Waals surface area contributed by atoms with Crippen LogP contribution in [0.4, 0.5) is 0 Å². The maximum absolute atomic E-state index is 9.93. The monoisotopic (exact) mass is 180 g/mol. The first-order chi connectivity index (χ1) is 5.95. The maximum Gasteiger partial charge on any atom is 0.0579 e. The summed E-state index contributed by atoms with van der Waals surface area (Å²) in [6, 6.07) is 0. The first kappa shape index (κ1) is 11.7. The molecule has 3 nitrogen and oxygen atoms in total. The molecule has 0 unspecified atom stereocenters. The predicted octanol–water partition coefficient (Wildman–Crippen LogP) is 2.21. The molecule has 0 atom stereocenters. The molecule has 0 bridgehead atoms. The lowest BCUT2D eigenvalue weighted by atomic mass is 9.98. The van der Waals surface area contributed by atoms with Gasteiger partial charge in [0, 0.05) is 12.5 Å². The second-order valence-corrected chi connectivity index (χ2v) is 3.84. The normalized spacial score (nSPS) is 10.8. The lowest BCUT2D eigenvalue weighted by molar-refractivity contribution is 0.389. The highest BCUT2D eigenvalue weighted by Gasteiger charge is 2.02. The fourth-order valence-electron chi connectivity index (χ4n) is 0.556. The molecule has 0 radical (unpaired) electrons. The Labute approximate surface area is 79.8 Å². The van der Waals surface area contributed by atoms with E-state index in [0.29, 0.717) is 6.54 Å². The molecule has 0 aromatic carbocycles. The van der Waals surface area contributed by atoms with E-state index in [1.165, 1.54) is 5.01 Å². The molecule has 0 aromatic rings. The van der Waals surface area contributed by atoms with Crippen LogP contribution in [0.5, 0.6) is 0 Å². The molecule has 0 amide bonds. The standard InChI is InChI=1S/C10H16N2O/c1-10(2,3)8-6-5-7-9-12(4)11-13/h5,7H,9H2,1-4H3/b7-5+. The third kappa shape index (κ3) is 8.61. The smallest absolute Gasteiger partial charge is 0.0579 e. The largest absolute Gasteiger partial charge is 0.260 e. The van der Waals surface area contributed by atoms with Gasteiger partial charge in [-0.2, -0.15) is 0 Å². The molecule has 0 aliphatic heterocycles. The summed E-state index contributed by atoms with van der Waals surface area (Å²) in [5.41, 5.74) is 0.0269. The van der Waals surface area contributed by atoms with Gasteiger partial charge in [0.05, 0.1) is 11.8 Å². The number of hydrogen-bond acceptors (Lipinski definition) is 2. The predicted molar refractivity (Wildman–Crippen MR) is 54.8 cm³/mol. The molecule has 3 heteroatoms. The minimum absolute atomic E-state index is 0.0269. The van der Waals surface area contributed by atoms with E-state index >= 15 is 0 Å². The van der Waals surface area contributed by atoms with Gasteiger partial charge in [0.25, 0.3) is 0 Å². The molecule has 0 aliphatic rings. The number of nitrogens with zero attached hydrogens (tertiary/aromatic N) is 2. The van der Waals surface area contributed by atoms with Crippen molar-refractivity contribution in [1.82, 2.24) is 5.01 Å². The average molecular weight is 180 g/mol. The lowest BCUT2D eigenvalue weighted by Crippen LogP contribution is -2.08. The molecule has 0 N–H and O–H groups in total. The van der Waals surface area contributed by atoms with Gasteiger partial charge in [-0.1, -0.05) is 17.9 Å². The maximum atomic E-state index is 9.93. The zero-order valence-corrected chi connectivity index (χ0v) is 8.66. The van der Waals surface area contributed by atoms with Crippen LogP contribution < -0.4 is 0 Å². The lowest BCUT2D eigenvalue weighted by Gasteiger charge is -2.06. The van der Waals surface area contributed by atoms with Crippen molar-refractivity contribution in [2.45, 2.75) is 20.8 Å². The van der Waals surface area contributed by atoms with E-state index in [-0.39, 0.29) is 5.41 Å². The second kappa shape index (κ2) is 5.36. The van der Waals surface area contributed by atoms with Crippen LogP contribution in [0.2, 0.25) is 0 Å². The third-order valence-electron chi connectivity index (χ3n) is 1.16. The Kier molecular flexibility index (Phi) is 4.83. The molecule has 0 aliphatic carbocycles. The van der Waals surface area contributed by atoms with Gasteiger partial charge >= 0.3 is 0 Å². The molecule has 0 heterocycles. The van der Waals surface area contributed by atoms with Gasteiger partial charge in [-0.05, 0) is 26.8 Å². The summed E-state index contributed by atoms with van der Waals surface area (Å²) in [7, 11) is 1.62. The van der Waals surface area contributed by atoms with E-state index in [9.17, 15) is 4.91 Å². The number of rotatable bonds is 3. The van der Waals surface area contributed by atoms with Crippen molar-refractivity contribution in [2.24, 2.45) is 10.7 Å². The Balaban J connectivity index is 3.86. The Bertz CT molecular complexity index is 240. The van der Waals surface area contributed by atoms with Gasteiger partial charge in [-0.3, -0.25) is 5.01 Å². The number of hydrogen-bond donors (Lipinski definition) is 0. The van der Waals surface area contributed by atoms with Crippen LogP contribution in [0.15, 0.2) is 17.4 Å². The zero-order chi connectivity index (χ0) is 10.3. The summed E-state index contributed by atoms with van der Waals surface area (Å²) in [5, 5.41) is 4.02. The number of allylic oxidation sites excluding steroid dienone is 1. The molecule has 0 saturated heterocycles. The number of likely N-dealkylation sites (N-methyl/N-ethyl adjacent to an activating group) is 1. The molecule has 0 spiro atoms. The van der Waals surface area contributed by atoms with Crippen LogP contribution in [-0.2, 0) is 0 Å². The summed E-state index contributed by atoms with van der Waals surface area (Å²) >= 11 is 0. The van der Waals surface area contributed by atoms with Crippen LogP contribution >= 0.6 is 0 Å². The molecule has 0 rings (SSSR count). The van der Waals surface area contributed by atoms with Crippen LogP contribution in [-0.4, -0.2) is 18.6 Å². The Morgan fingerprint density at radius 1 is 1.46 bits per heavy atom. The Morgan fingerprint density at radius 3 is 2.54 bits per heavy atom. The van der Waals surface area contributed by atoms with Gasteiger partial charge < -0.3 is 0 Å². The zero-order valence-electron chi connectivity index (χ0n) is 8.66. The molecular weight excluding hydrogens is 164 g/mol. The van der Waals surface area contributed by atoms with Crippen molar-refractivity contribution in [3.63, 3.8) is 0 Å². The SMILES string of the molecule is CN(C/C=C/C#CC(C)(C)C)N=O.